The van der Waals surface area contributed by atoms with Crippen LogP contribution in [-0.2, 0) is 4.79 Å². The van der Waals surface area contributed by atoms with Gasteiger partial charge in [0, 0.05) is 10.5 Å². The number of nitrogens with two attached hydrogens (primary N) is 1. The Kier molecular flexibility index (Phi) is 6.12. The van der Waals surface area contributed by atoms with Crippen LogP contribution in [0.4, 0.5) is 0 Å². The van der Waals surface area contributed by atoms with Gasteiger partial charge in [-0.1, -0.05) is 15.9 Å². The van der Waals surface area contributed by atoms with E-state index in [-0.39, 0.29) is 30.3 Å². The zero-order valence-electron chi connectivity index (χ0n) is 12.3. The third-order valence-corrected chi connectivity index (χ3v) is 5.30. The highest BCUT2D eigenvalue weighted by molar-refractivity contribution is 9.10. The molecular weight excluding hydrogens is 368 g/mol. The van der Waals surface area contributed by atoms with Crippen molar-refractivity contribution in [2.24, 2.45) is 23.5 Å². The molecule has 3 N–H and O–H groups in total. The maximum absolute atomic E-state index is 12.2. The van der Waals surface area contributed by atoms with Crippen LogP contribution in [0.3, 0.4) is 0 Å². The van der Waals surface area contributed by atoms with Crippen molar-refractivity contribution >= 4 is 34.2 Å². The highest BCUT2D eigenvalue weighted by Crippen LogP contribution is 2.47. The number of carbonyl (C=O) groups is 1. The Hall–Kier alpha value is -0.780. The fraction of sp³-hybridized carbons (Fsp3) is 0.562. The number of benzene rings is 1. The number of hydrogen-bond donors (Lipinski definition) is 2. The summed E-state index contributed by atoms with van der Waals surface area (Å²) in [5, 5.41) is 2.97. The first-order valence-corrected chi connectivity index (χ1v) is 8.36. The Labute approximate surface area is 145 Å². The first-order valence-electron chi connectivity index (χ1n) is 7.57. The summed E-state index contributed by atoms with van der Waals surface area (Å²) in [6.07, 6.45) is 3.49. The summed E-state index contributed by atoms with van der Waals surface area (Å²) in [6, 6.07) is 7.72. The first kappa shape index (κ1) is 17.6. The minimum absolute atomic E-state index is 0. The van der Waals surface area contributed by atoms with Gasteiger partial charge in [-0.3, -0.25) is 4.79 Å². The molecule has 1 aromatic carbocycles. The molecule has 0 radical (unpaired) electrons. The molecule has 2 fully saturated rings. The number of ether oxygens (including phenoxy) is 1. The van der Waals surface area contributed by atoms with E-state index in [1.165, 1.54) is 6.42 Å². The van der Waals surface area contributed by atoms with E-state index in [1.807, 2.05) is 24.3 Å². The number of nitrogens with one attached hydrogen (secondary N) is 1. The lowest BCUT2D eigenvalue weighted by Gasteiger charge is -2.26. The third-order valence-electron chi connectivity index (χ3n) is 4.77. The molecule has 122 valence electrons. The fourth-order valence-electron chi connectivity index (χ4n) is 3.72. The van der Waals surface area contributed by atoms with Crippen molar-refractivity contribution in [3.63, 3.8) is 0 Å². The van der Waals surface area contributed by atoms with Gasteiger partial charge in [0.25, 0.3) is 0 Å². The van der Waals surface area contributed by atoms with E-state index in [2.05, 4.69) is 21.2 Å². The van der Waals surface area contributed by atoms with Gasteiger partial charge < -0.3 is 15.8 Å². The standard InChI is InChI=1S/C16H21BrN2O2.ClH/c17-12-3-5-13(6-4-12)21-8-7-19-16(20)14-10-1-2-11(9-10)15(14)18;/h3-6,10-11,14-15H,1-2,7-9,18H2,(H,19,20);1H. The van der Waals surface area contributed by atoms with Crippen LogP contribution in [0.5, 0.6) is 5.75 Å². The molecule has 1 aromatic rings. The summed E-state index contributed by atoms with van der Waals surface area (Å²) in [5.74, 6) is 1.98. The van der Waals surface area contributed by atoms with Gasteiger partial charge in [-0.05, 0) is 55.4 Å². The second-order valence-corrected chi connectivity index (χ2v) is 6.95. The van der Waals surface area contributed by atoms with Gasteiger partial charge in [0.15, 0.2) is 0 Å². The van der Waals surface area contributed by atoms with Gasteiger partial charge in [0.1, 0.15) is 12.4 Å². The van der Waals surface area contributed by atoms with Crippen molar-refractivity contribution in [1.82, 2.24) is 5.32 Å². The summed E-state index contributed by atoms with van der Waals surface area (Å²) in [5.41, 5.74) is 6.18. The largest absolute Gasteiger partial charge is 0.492 e. The summed E-state index contributed by atoms with van der Waals surface area (Å²) < 4.78 is 6.62. The lowest BCUT2D eigenvalue weighted by atomic mass is 9.84. The smallest absolute Gasteiger partial charge is 0.225 e. The molecule has 6 heteroatoms. The predicted octanol–water partition coefficient (Wildman–Crippen LogP) is 2.74. The molecule has 0 spiro atoms. The molecule has 0 saturated heterocycles. The Balaban J connectivity index is 0.00000176. The number of hydrogen-bond acceptors (Lipinski definition) is 3. The highest BCUT2D eigenvalue weighted by atomic mass is 79.9. The Morgan fingerprint density at radius 1 is 1.27 bits per heavy atom. The Bertz CT molecular complexity index is 509. The third kappa shape index (κ3) is 3.76. The fourth-order valence-corrected chi connectivity index (χ4v) is 3.98. The van der Waals surface area contributed by atoms with Crippen molar-refractivity contribution < 1.29 is 9.53 Å². The quantitative estimate of drug-likeness (QED) is 0.761. The molecule has 3 rings (SSSR count). The lowest BCUT2D eigenvalue weighted by Crippen LogP contribution is -2.46. The Morgan fingerprint density at radius 2 is 1.95 bits per heavy atom. The van der Waals surface area contributed by atoms with Crippen LogP contribution < -0.4 is 15.8 Å². The SMILES string of the molecule is Cl.NC1C2CCC(C2)C1C(=O)NCCOc1ccc(Br)cc1. The van der Waals surface area contributed by atoms with Crippen molar-refractivity contribution in [3.8, 4) is 5.75 Å². The van der Waals surface area contributed by atoms with E-state index in [4.69, 9.17) is 10.5 Å². The summed E-state index contributed by atoms with van der Waals surface area (Å²) in [7, 11) is 0. The van der Waals surface area contributed by atoms with Crippen molar-refractivity contribution in [1.29, 1.82) is 0 Å². The van der Waals surface area contributed by atoms with E-state index in [0.29, 0.717) is 25.0 Å². The summed E-state index contributed by atoms with van der Waals surface area (Å²) >= 11 is 3.38. The van der Waals surface area contributed by atoms with E-state index in [9.17, 15) is 4.79 Å². The summed E-state index contributed by atoms with van der Waals surface area (Å²) in [6.45, 7) is 0.999. The number of fused-ring (bicyclic) bond motifs is 2. The molecule has 4 nitrogen and oxygen atoms in total. The molecule has 2 bridgehead atoms. The second-order valence-electron chi connectivity index (χ2n) is 6.03. The predicted molar refractivity (Wildman–Crippen MR) is 92.2 cm³/mol. The average Bonchev–Trinajstić information content (AvgIpc) is 3.06. The number of halogens is 2. The highest BCUT2D eigenvalue weighted by Gasteiger charge is 2.48. The van der Waals surface area contributed by atoms with E-state index in [1.54, 1.807) is 0 Å². The van der Waals surface area contributed by atoms with Crippen molar-refractivity contribution in [2.45, 2.75) is 25.3 Å². The van der Waals surface area contributed by atoms with Crippen LogP contribution in [0, 0.1) is 17.8 Å². The van der Waals surface area contributed by atoms with Crippen LogP contribution in [0.25, 0.3) is 0 Å². The molecule has 0 aromatic heterocycles. The minimum atomic E-state index is 0. The number of rotatable bonds is 5. The molecule has 0 aliphatic heterocycles. The van der Waals surface area contributed by atoms with Crippen molar-refractivity contribution in [2.75, 3.05) is 13.2 Å². The van der Waals surface area contributed by atoms with Crippen LogP contribution >= 0.6 is 28.3 Å². The van der Waals surface area contributed by atoms with E-state index < -0.39 is 0 Å². The number of carbonyl (C=O) groups excluding carboxylic acids is 1. The van der Waals surface area contributed by atoms with Gasteiger partial charge in [-0.15, -0.1) is 12.4 Å². The average molecular weight is 390 g/mol. The van der Waals surface area contributed by atoms with E-state index >= 15 is 0 Å². The molecule has 2 saturated carbocycles. The van der Waals surface area contributed by atoms with Gasteiger partial charge in [-0.25, -0.2) is 0 Å². The van der Waals surface area contributed by atoms with Gasteiger partial charge in [0.05, 0.1) is 12.5 Å². The monoisotopic (exact) mass is 388 g/mol. The molecule has 4 unspecified atom stereocenters. The lowest BCUT2D eigenvalue weighted by molar-refractivity contribution is -0.127. The minimum Gasteiger partial charge on any atom is -0.492 e. The van der Waals surface area contributed by atoms with Gasteiger partial charge in [0.2, 0.25) is 5.91 Å². The van der Waals surface area contributed by atoms with Crippen LogP contribution in [0.15, 0.2) is 28.7 Å². The maximum Gasteiger partial charge on any atom is 0.225 e. The van der Waals surface area contributed by atoms with E-state index in [0.717, 1.165) is 23.1 Å². The first-order chi connectivity index (χ1) is 10.1. The zero-order chi connectivity index (χ0) is 14.8. The van der Waals surface area contributed by atoms with Crippen LogP contribution in [0.2, 0.25) is 0 Å². The molecule has 22 heavy (non-hydrogen) atoms. The molecule has 2 aliphatic rings. The van der Waals surface area contributed by atoms with Crippen molar-refractivity contribution in [3.05, 3.63) is 28.7 Å². The molecule has 2 aliphatic carbocycles. The molecule has 4 atom stereocenters. The summed E-state index contributed by atoms with van der Waals surface area (Å²) in [4.78, 5) is 12.2. The van der Waals surface area contributed by atoms with Crippen LogP contribution in [0.1, 0.15) is 19.3 Å². The Morgan fingerprint density at radius 3 is 2.59 bits per heavy atom. The van der Waals surface area contributed by atoms with Gasteiger partial charge >= 0.3 is 0 Å². The topological polar surface area (TPSA) is 64.4 Å². The van der Waals surface area contributed by atoms with Gasteiger partial charge in [-0.2, -0.15) is 0 Å². The zero-order valence-corrected chi connectivity index (χ0v) is 14.7. The molecule has 0 heterocycles. The van der Waals surface area contributed by atoms with Crippen LogP contribution in [-0.4, -0.2) is 25.1 Å². The molecular formula is C16H22BrClN2O2. The normalized spacial score (nSPS) is 29.0. The maximum atomic E-state index is 12.2. The molecule has 1 amide bonds. The second kappa shape index (κ2) is 7.66. The number of amides is 1.